The predicted molar refractivity (Wildman–Crippen MR) is 99.0 cm³/mol. The van der Waals surface area contributed by atoms with Crippen molar-refractivity contribution >= 4 is 28.8 Å². The fourth-order valence-corrected chi connectivity index (χ4v) is 5.36. The Bertz CT molecular complexity index is 573. The zero-order chi connectivity index (χ0) is 16.5. The van der Waals surface area contributed by atoms with Gasteiger partial charge in [0.25, 0.3) is 5.91 Å². The summed E-state index contributed by atoms with van der Waals surface area (Å²) in [5.41, 5.74) is 0. The SMILES string of the molecule is O=C(c1ccc(Cl)s1)N1CC(N2CCN(C3CCCCC3)CC2)C1. The van der Waals surface area contributed by atoms with Gasteiger partial charge in [-0.1, -0.05) is 30.9 Å². The van der Waals surface area contributed by atoms with Gasteiger partial charge in [-0.05, 0) is 25.0 Å². The molecule has 1 aromatic rings. The Labute approximate surface area is 153 Å². The fraction of sp³-hybridized carbons (Fsp3) is 0.722. The number of carbonyl (C=O) groups is 1. The van der Waals surface area contributed by atoms with Gasteiger partial charge in [-0.3, -0.25) is 14.6 Å². The van der Waals surface area contributed by atoms with E-state index in [0.717, 1.165) is 37.1 Å². The summed E-state index contributed by atoms with van der Waals surface area (Å²) in [4.78, 5) is 20.4. The standard InChI is InChI=1S/C18H26ClN3OS/c19-17-7-6-16(24-17)18(23)22-12-15(13-22)21-10-8-20(9-11-21)14-4-2-1-3-5-14/h6-7,14-15H,1-5,8-13H2. The lowest BCUT2D eigenvalue weighted by Gasteiger charge is -2.49. The van der Waals surface area contributed by atoms with E-state index in [1.165, 1.54) is 56.5 Å². The van der Waals surface area contributed by atoms with Gasteiger partial charge in [0.2, 0.25) is 0 Å². The first kappa shape index (κ1) is 16.8. The number of nitrogens with zero attached hydrogens (tertiary/aromatic N) is 3. The Morgan fingerprint density at radius 3 is 2.17 bits per heavy atom. The molecule has 3 aliphatic rings. The molecule has 0 spiro atoms. The summed E-state index contributed by atoms with van der Waals surface area (Å²) in [5, 5.41) is 0. The Morgan fingerprint density at radius 1 is 0.958 bits per heavy atom. The maximum absolute atomic E-state index is 12.4. The highest BCUT2D eigenvalue weighted by molar-refractivity contribution is 7.17. The highest BCUT2D eigenvalue weighted by Gasteiger charge is 2.37. The van der Waals surface area contributed by atoms with Crippen LogP contribution in [0.15, 0.2) is 12.1 Å². The molecule has 132 valence electrons. The van der Waals surface area contributed by atoms with Crippen LogP contribution in [-0.4, -0.2) is 72.0 Å². The van der Waals surface area contributed by atoms with Crippen molar-refractivity contribution in [3.63, 3.8) is 0 Å². The van der Waals surface area contributed by atoms with E-state index in [2.05, 4.69) is 9.80 Å². The summed E-state index contributed by atoms with van der Waals surface area (Å²) < 4.78 is 0.689. The number of hydrogen-bond donors (Lipinski definition) is 0. The van der Waals surface area contributed by atoms with Gasteiger partial charge in [0.1, 0.15) is 0 Å². The molecule has 1 amide bonds. The van der Waals surface area contributed by atoms with Crippen LogP contribution in [0.4, 0.5) is 0 Å². The highest BCUT2D eigenvalue weighted by atomic mass is 35.5. The van der Waals surface area contributed by atoms with Crippen molar-refractivity contribution in [3.05, 3.63) is 21.3 Å². The van der Waals surface area contributed by atoms with Crippen molar-refractivity contribution in [1.29, 1.82) is 0 Å². The average Bonchev–Trinajstić information content (AvgIpc) is 3.01. The summed E-state index contributed by atoms with van der Waals surface area (Å²) in [6.45, 7) is 6.48. The average molecular weight is 368 g/mol. The van der Waals surface area contributed by atoms with E-state index in [1.54, 1.807) is 6.07 Å². The predicted octanol–water partition coefficient (Wildman–Crippen LogP) is 3.18. The molecule has 6 heteroatoms. The third-order valence-corrected chi connectivity index (χ3v) is 7.11. The minimum Gasteiger partial charge on any atom is -0.335 e. The van der Waals surface area contributed by atoms with Gasteiger partial charge in [-0.2, -0.15) is 0 Å². The number of likely N-dealkylation sites (tertiary alicyclic amines) is 1. The topological polar surface area (TPSA) is 26.8 Å². The first-order valence-corrected chi connectivity index (χ1v) is 10.4. The minimum absolute atomic E-state index is 0.143. The molecule has 0 radical (unpaired) electrons. The van der Waals surface area contributed by atoms with Crippen molar-refractivity contribution in [3.8, 4) is 0 Å². The molecule has 24 heavy (non-hydrogen) atoms. The van der Waals surface area contributed by atoms with E-state index < -0.39 is 0 Å². The molecule has 0 bridgehead atoms. The van der Waals surface area contributed by atoms with Crippen LogP contribution in [0.5, 0.6) is 0 Å². The molecule has 0 N–H and O–H groups in total. The molecule has 0 aromatic carbocycles. The lowest BCUT2D eigenvalue weighted by molar-refractivity contribution is -0.00242. The van der Waals surface area contributed by atoms with E-state index in [-0.39, 0.29) is 5.91 Å². The second-order valence-corrected chi connectivity index (χ2v) is 9.05. The van der Waals surface area contributed by atoms with Crippen molar-refractivity contribution in [2.45, 2.75) is 44.2 Å². The minimum atomic E-state index is 0.143. The third-order valence-electron chi connectivity index (χ3n) is 5.89. The summed E-state index contributed by atoms with van der Waals surface area (Å²) in [7, 11) is 0. The van der Waals surface area contributed by atoms with Gasteiger partial charge >= 0.3 is 0 Å². The van der Waals surface area contributed by atoms with Gasteiger partial charge in [-0.15, -0.1) is 11.3 Å². The monoisotopic (exact) mass is 367 g/mol. The summed E-state index contributed by atoms with van der Waals surface area (Å²) >= 11 is 7.31. The second-order valence-electron chi connectivity index (χ2n) is 7.33. The molecule has 1 aromatic heterocycles. The first-order valence-electron chi connectivity index (χ1n) is 9.23. The Balaban J connectivity index is 1.23. The molecule has 2 aliphatic heterocycles. The van der Waals surface area contributed by atoms with E-state index in [9.17, 15) is 4.79 Å². The molecule has 0 atom stereocenters. The van der Waals surface area contributed by atoms with Gasteiger partial charge in [0, 0.05) is 51.4 Å². The van der Waals surface area contributed by atoms with Crippen LogP contribution in [0.1, 0.15) is 41.8 Å². The van der Waals surface area contributed by atoms with E-state index in [1.807, 2.05) is 11.0 Å². The lowest BCUT2D eigenvalue weighted by atomic mass is 9.93. The molecule has 0 unspecified atom stereocenters. The molecule has 1 aliphatic carbocycles. The number of hydrogen-bond acceptors (Lipinski definition) is 4. The van der Waals surface area contributed by atoms with Gasteiger partial charge < -0.3 is 4.90 Å². The van der Waals surface area contributed by atoms with E-state index in [4.69, 9.17) is 11.6 Å². The normalized spacial score (nSPS) is 25.0. The smallest absolute Gasteiger partial charge is 0.264 e. The molecule has 4 nitrogen and oxygen atoms in total. The number of halogens is 1. The molecule has 2 saturated heterocycles. The zero-order valence-corrected chi connectivity index (χ0v) is 15.7. The highest BCUT2D eigenvalue weighted by Crippen LogP contribution is 2.27. The second kappa shape index (κ2) is 7.32. The van der Waals surface area contributed by atoms with Crippen LogP contribution in [0.25, 0.3) is 0 Å². The summed E-state index contributed by atoms with van der Waals surface area (Å²) in [5.74, 6) is 0.143. The quantitative estimate of drug-likeness (QED) is 0.821. The van der Waals surface area contributed by atoms with Crippen molar-refractivity contribution in [2.75, 3.05) is 39.3 Å². The maximum Gasteiger partial charge on any atom is 0.264 e. The van der Waals surface area contributed by atoms with Crippen molar-refractivity contribution in [2.24, 2.45) is 0 Å². The third kappa shape index (κ3) is 3.50. The first-order chi connectivity index (χ1) is 11.7. The van der Waals surface area contributed by atoms with Crippen molar-refractivity contribution < 1.29 is 4.79 Å². The Kier molecular flexibility index (Phi) is 5.13. The number of piperazine rings is 1. The fourth-order valence-electron chi connectivity index (χ4n) is 4.35. The Morgan fingerprint density at radius 2 is 1.58 bits per heavy atom. The summed E-state index contributed by atoms with van der Waals surface area (Å²) in [6, 6.07) is 5.04. The molecule has 3 heterocycles. The van der Waals surface area contributed by atoms with Gasteiger partial charge in [-0.25, -0.2) is 0 Å². The number of carbonyl (C=O) groups excluding carboxylic acids is 1. The van der Waals surface area contributed by atoms with Gasteiger partial charge in [0.05, 0.1) is 9.21 Å². The van der Waals surface area contributed by atoms with Crippen LogP contribution in [0.3, 0.4) is 0 Å². The molecular weight excluding hydrogens is 342 g/mol. The van der Waals surface area contributed by atoms with E-state index >= 15 is 0 Å². The Hall–Kier alpha value is -0.620. The largest absolute Gasteiger partial charge is 0.335 e. The molecule has 1 saturated carbocycles. The van der Waals surface area contributed by atoms with Crippen LogP contribution in [0, 0.1) is 0 Å². The van der Waals surface area contributed by atoms with E-state index in [0.29, 0.717) is 10.4 Å². The zero-order valence-electron chi connectivity index (χ0n) is 14.1. The molecular formula is C18H26ClN3OS. The number of amides is 1. The molecule has 4 rings (SSSR count). The summed E-state index contributed by atoms with van der Waals surface area (Å²) in [6.07, 6.45) is 7.05. The van der Waals surface area contributed by atoms with Crippen LogP contribution in [-0.2, 0) is 0 Å². The van der Waals surface area contributed by atoms with Gasteiger partial charge in [0.15, 0.2) is 0 Å². The van der Waals surface area contributed by atoms with Crippen LogP contribution < -0.4 is 0 Å². The van der Waals surface area contributed by atoms with Crippen LogP contribution >= 0.6 is 22.9 Å². The lowest BCUT2D eigenvalue weighted by Crippen LogP contribution is -2.64. The number of thiophene rings is 1. The van der Waals surface area contributed by atoms with Crippen LogP contribution in [0.2, 0.25) is 4.34 Å². The number of rotatable bonds is 3. The van der Waals surface area contributed by atoms with Crippen molar-refractivity contribution in [1.82, 2.24) is 14.7 Å². The molecule has 3 fully saturated rings. The maximum atomic E-state index is 12.4.